The summed E-state index contributed by atoms with van der Waals surface area (Å²) in [4.78, 5) is 0. The number of benzene rings is 2. The average Bonchev–Trinajstić information content (AvgIpc) is 2.38. The second-order valence-electron chi connectivity index (χ2n) is 5.99. The fraction of sp³-hybridized carbons (Fsp3) is 0.368. The highest BCUT2D eigenvalue weighted by Crippen LogP contribution is 2.28. The van der Waals surface area contributed by atoms with Gasteiger partial charge in [-0.3, -0.25) is 0 Å². The van der Waals surface area contributed by atoms with Crippen LogP contribution >= 0.6 is 0 Å². The van der Waals surface area contributed by atoms with E-state index in [1.165, 1.54) is 16.7 Å². The van der Waals surface area contributed by atoms with E-state index in [0.29, 0.717) is 0 Å². The minimum absolute atomic E-state index is 0.744. The molecule has 0 fully saturated rings. The van der Waals surface area contributed by atoms with Crippen LogP contribution in [0, 0.1) is 13.8 Å². The number of hydrogen-bond acceptors (Lipinski definition) is 1. The minimum atomic E-state index is -0.744. The Bertz CT molecular complexity index is 535. The fourth-order valence-electron chi connectivity index (χ4n) is 2.71. The molecule has 20 heavy (non-hydrogen) atoms. The Morgan fingerprint density at radius 2 is 1.55 bits per heavy atom. The van der Waals surface area contributed by atoms with Gasteiger partial charge in [-0.2, -0.15) is 0 Å². The van der Waals surface area contributed by atoms with Crippen LogP contribution in [-0.4, -0.2) is 5.11 Å². The standard InChI is InChI=1S/C19H24O/c1-15-12-16(2)14-18(13-15)19(3,20)11-7-10-17-8-5-4-6-9-17/h4-6,8-9,12-14,20H,7,10-11H2,1-3H3. The van der Waals surface area contributed by atoms with E-state index in [0.717, 1.165) is 24.8 Å². The highest BCUT2D eigenvalue weighted by atomic mass is 16.3. The summed E-state index contributed by atoms with van der Waals surface area (Å²) >= 11 is 0. The lowest BCUT2D eigenvalue weighted by molar-refractivity contribution is 0.0455. The van der Waals surface area contributed by atoms with Crippen molar-refractivity contribution in [1.29, 1.82) is 0 Å². The third kappa shape index (κ3) is 3.94. The van der Waals surface area contributed by atoms with Crippen molar-refractivity contribution < 1.29 is 5.11 Å². The first kappa shape index (κ1) is 14.8. The molecular weight excluding hydrogens is 244 g/mol. The minimum Gasteiger partial charge on any atom is -0.385 e. The molecule has 0 heterocycles. The zero-order valence-electron chi connectivity index (χ0n) is 12.7. The lowest BCUT2D eigenvalue weighted by atomic mass is 9.88. The first-order chi connectivity index (χ1) is 9.47. The number of hydrogen-bond donors (Lipinski definition) is 1. The summed E-state index contributed by atoms with van der Waals surface area (Å²) in [5, 5.41) is 10.7. The molecule has 0 saturated carbocycles. The molecule has 1 heteroatoms. The molecule has 2 aromatic rings. The Hall–Kier alpha value is -1.60. The largest absolute Gasteiger partial charge is 0.385 e. The van der Waals surface area contributed by atoms with Gasteiger partial charge in [0.1, 0.15) is 0 Å². The summed E-state index contributed by atoms with van der Waals surface area (Å²) in [5.41, 5.74) is 4.05. The Balaban J connectivity index is 2.00. The number of aryl methyl sites for hydroxylation is 3. The number of aliphatic hydroxyl groups is 1. The maximum atomic E-state index is 10.7. The predicted octanol–water partition coefficient (Wildman–Crippen LogP) is 4.53. The molecule has 0 aliphatic carbocycles. The van der Waals surface area contributed by atoms with Crippen LogP contribution in [-0.2, 0) is 12.0 Å². The molecule has 0 aliphatic heterocycles. The lowest BCUT2D eigenvalue weighted by Gasteiger charge is -2.25. The van der Waals surface area contributed by atoms with Gasteiger partial charge in [0.05, 0.1) is 5.60 Å². The fourth-order valence-corrected chi connectivity index (χ4v) is 2.71. The van der Waals surface area contributed by atoms with Crippen molar-refractivity contribution in [3.05, 3.63) is 70.8 Å². The highest BCUT2D eigenvalue weighted by Gasteiger charge is 2.22. The van der Waals surface area contributed by atoms with Crippen LogP contribution in [0.4, 0.5) is 0 Å². The van der Waals surface area contributed by atoms with Gasteiger partial charge in [-0.05, 0) is 51.2 Å². The zero-order valence-corrected chi connectivity index (χ0v) is 12.7. The molecule has 106 valence electrons. The summed E-state index contributed by atoms with van der Waals surface area (Å²) in [5.74, 6) is 0. The zero-order chi connectivity index (χ0) is 14.6. The van der Waals surface area contributed by atoms with Crippen molar-refractivity contribution >= 4 is 0 Å². The first-order valence-corrected chi connectivity index (χ1v) is 7.32. The van der Waals surface area contributed by atoms with Gasteiger partial charge in [-0.15, -0.1) is 0 Å². The van der Waals surface area contributed by atoms with E-state index >= 15 is 0 Å². The van der Waals surface area contributed by atoms with Gasteiger partial charge in [-0.25, -0.2) is 0 Å². The Morgan fingerprint density at radius 3 is 2.15 bits per heavy atom. The van der Waals surface area contributed by atoms with E-state index < -0.39 is 5.60 Å². The van der Waals surface area contributed by atoms with Gasteiger partial charge in [-0.1, -0.05) is 59.7 Å². The summed E-state index contributed by atoms with van der Waals surface area (Å²) in [6, 6.07) is 16.8. The van der Waals surface area contributed by atoms with Crippen LogP contribution in [0.15, 0.2) is 48.5 Å². The smallest absolute Gasteiger partial charge is 0.0868 e. The molecular formula is C19H24O. The molecule has 1 unspecified atom stereocenters. The van der Waals surface area contributed by atoms with E-state index in [4.69, 9.17) is 0 Å². The maximum Gasteiger partial charge on any atom is 0.0868 e. The third-order valence-electron chi connectivity index (χ3n) is 3.82. The molecule has 0 saturated heterocycles. The van der Waals surface area contributed by atoms with Gasteiger partial charge in [0.25, 0.3) is 0 Å². The molecule has 0 aromatic heterocycles. The van der Waals surface area contributed by atoms with Crippen LogP contribution < -0.4 is 0 Å². The molecule has 2 aromatic carbocycles. The van der Waals surface area contributed by atoms with Crippen molar-refractivity contribution in [2.75, 3.05) is 0 Å². The van der Waals surface area contributed by atoms with Crippen molar-refractivity contribution in [1.82, 2.24) is 0 Å². The molecule has 0 amide bonds. The summed E-state index contributed by atoms with van der Waals surface area (Å²) in [7, 11) is 0. The molecule has 0 aliphatic rings. The van der Waals surface area contributed by atoms with E-state index in [1.807, 2.05) is 13.0 Å². The van der Waals surface area contributed by atoms with Gasteiger partial charge >= 0.3 is 0 Å². The normalized spacial score (nSPS) is 14.0. The third-order valence-corrected chi connectivity index (χ3v) is 3.82. The van der Waals surface area contributed by atoms with Gasteiger partial charge in [0, 0.05) is 0 Å². The quantitative estimate of drug-likeness (QED) is 0.844. The summed E-state index contributed by atoms with van der Waals surface area (Å²) in [6.45, 7) is 6.08. The molecule has 1 atom stereocenters. The maximum absolute atomic E-state index is 10.7. The van der Waals surface area contributed by atoms with Crippen LogP contribution in [0.2, 0.25) is 0 Å². The Kier molecular flexibility index (Phi) is 4.61. The van der Waals surface area contributed by atoms with E-state index in [9.17, 15) is 5.11 Å². The second kappa shape index (κ2) is 6.23. The molecule has 1 N–H and O–H groups in total. The monoisotopic (exact) mass is 268 g/mol. The summed E-state index contributed by atoms with van der Waals surface area (Å²) in [6.07, 6.45) is 2.79. The molecule has 1 nitrogen and oxygen atoms in total. The van der Waals surface area contributed by atoms with E-state index in [2.05, 4.69) is 56.3 Å². The van der Waals surface area contributed by atoms with E-state index in [-0.39, 0.29) is 0 Å². The van der Waals surface area contributed by atoms with Crippen LogP contribution in [0.25, 0.3) is 0 Å². The second-order valence-corrected chi connectivity index (χ2v) is 5.99. The van der Waals surface area contributed by atoms with Crippen LogP contribution in [0.5, 0.6) is 0 Å². The topological polar surface area (TPSA) is 20.2 Å². The van der Waals surface area contributed by atoms with Crippen molar-refractivity contribution in [3.63, 3.8) is 0 Å². The van der Waals surface area contributed by atoms with Gasteiger partial charge < -0.3 is 5.11 Å². The van der Waals surface area contributed by atoms with Crippen LogP contribution in [0.3, 0.4) is 0 Å². The van der Waals surface area contributed by atoms with E-state index in [1.54, 1.807) is 0 Å². The van der Waals surface area contributed by atoms with Crippen molar-refractivity contribution in [2.24, 2.45) is 0 Å². The molecule has 0 spiro atoms. The van der Waals surface area contributed by atoms with Crippen molar-refractivity contribution in [2.45, 2.75) is 45.6 Å². The Morgan fingerprint density at radius 1 is 0.950 bits per heavy atom. The van der Waals surface area contributed by atoms with Gasteiger partial charge in [0.15, 0.2) is 0 Å². The van der Waals surface area contributed by atoms with Gasteiger partial charge in [0.2, 0.25) is 0 Å². The summed E-state index contributed by atoms with van der Waals surface area (Å²) < 4.78 is 0. The predicted molar refractivity (Wildman–Crippen MR) is 84.9 cm³/mol. The molecule has 0 bridgehead atoms. The number of rotatable bonds is 5. The lowest BCUT2D eigenvalue weighted by Crippen LogP contribution is -2.21. The Labute approximate surface area is 122 Å². The molecule has 2 rings (SSSR count). The average molecular weight is 268 g/mol. The highest BCUT2D eigenvalue weighted by molar-refractivity contribution is 5.32. The van der Waals surface area contributed by atoms with Crippen molar-refractivity contribution in [3.8, 4) is 0 Å². The van der Waals surface area contributed by atoms with Crippen LogP contribution in [0.1, 0.15) is 42.0 Å². The first-order valence-electron chi connectivity index (χ1n) is 7.32. The SMILES string of the molecule is Cc1cc(C)cc(C(C)(O)CCCc2ccccc2)c1. The molecule has 0 radical (unpaired) electrons.